The molecule has 23 heavy (non-hydrogen) atoms. The van der Waals surface area contributed by atoms with E-state index in [-0.39, 0.29) is 25.4 Å². The van der Waals surface area contributed by atoms with Gasteiger partial charge in [-0.2, -0.15) is 17.8 Å². The van der Waals surface area contributed by atoms with Gasteiger partial charge in [0.05, 0.1) is 18.7 Å². The van der Waals surface area contributed by atoms with Gasteiger partial charge in [0, 0.05) is 12.1 Å². The topological polar surface area (TPSA) is 121 Å². The summed E-state index contributed by atoms with van der Waals surface area (Å²) in [6, 6.07) is 7.68. The Kier molecular flexibility index (Phi) is 3.92. The zero-order valence-electron chi connectivity index (χ0n) is 12.5. The van der Waals surface area contributed by atoms with Gasteiger partial charge >= 0.3 is 0 Å². The predicted molar refractivity (Wildman–Crippen MR) is 84.5 cm³/mol. The molecule has 1 aliphatic heterocycles. The van der Waals surface area contributed by atoms with Gasteiger partial charge in [0.2, 0.25) is 5.91 Å². The van der Waals surface area contributed by atoms with Gasteiger partial charge in [-0.25, -0.2) is 5.14 Å². The number of hydrogen-bond donors (Lipinski definition) is 3. The van der Waals surface area contributed by atoms with Crippen molar-refractivity contribution in [2.75, 3.05) is 5.32 Å². The molecular weight excluding hydrogens is 318 g/mol. The second-order valence-electron chi connectivity index (χ2n) is 5.56. The first-order valence-corrected chi connectivity index (χ1v) is 8.52. The summed E-state index contributed by atoms with van der Waals surface area (Å²) in [5.74, 6) is 0.141. The van der Waals surface area contributed by atoms with Crippen LogP contribution in [0.5, 0.6) is 0 Å². The van der Waals surface area contributed by atoms with Crippen LogP contribution in [0.25, 0.3) is 0 Å². The lowest BCUT2D eigenvalue weighted by Crippen LogP contribution is -2.32. The molecule has 0 radical (unpaired) electrons. The monoisotopic (exact) mass is 335 g/mol. The highest BCUT2D eigenvalue weighted by molar-refractivity contribution is 7.86. The second kappa shape index (κ2) is 5.76. The van der Waals surface area contributed by atoms with E-state index in [1.54, 1.807) is 0 Å². The molecule has 0 saturated carbocycles. The fourth-order valence-corrected chi connectivity index (χ4v) is 3.20. The Balaban J connectivity index is 1.70. The fourth-order valence-electron chi connectivity index (χ4n) is 2.58. The van der Waals surface area contributed by atoms with Crippen molar-refractivity contribution in [3.63, 3.8) is 0 Å². The van der Waals surface area contributed by atoms with Crippen LogP contribution >= 0.6 is 0 Å². The minimum absolute atomic E-state index is 0.102. The molecule has 2 aromatic rings. The van der Waals surface area contributed by atoms with Crippen LogP contribution in [0.1, 0.15) is 22.4 Å². The van der Waals surface area contributed by atoms with Crippen LogP contribution in [-0.2, 0) is 34.5 Å². The van der Waals surface area contributed by atoms with E-state index in [0.717, 1.165) is 15.4 Å². The third-order valence-electron chi connectivity index (χ3n) is 3.69. The number of aryl methyl sites for hydroxylation is 1. The van der Waals surface area contributed by atoms with Gasteiger partial charge in [-0.1, -0.05) is 29.8 Å². The smallest absolute Gasteiger partial charge is 0.277 e. The average Bonchev–Trinajstić information content (AvgIpc) is 3.00. The first kappa shape index (κ1) is 15.7. The molecule has 3 rings (SSSR count). The Labute approximate surface area is 133 Å². The van der Waals surface area contributed by atoms with Gasteiger partial charge in [0.1, 0.15) is 0 Å². The SMILES string of the molecule is Cc1cccc(CC(=O)Nc2n[nH]c3c2CN(S(N)(=O)=O)C3)c1. The van der Waals surface area contributed by atoms with E-state index in [2.05, 4.69) is 15.5 Å². The van der Waals surface area contributed by atoms with Crippen LogP contribution in [-0.4, -0.2) is 28.8 Å². The number of hydrogen-bond acceptors (Lipinski definition) is 4. The third-order valence-corrected chi connectivity index (χ3v) is 4.66. The molecule has 2 heterocycles. The summed E-state index contributed by atoms with van der Waals surface area (Å²) in [5, 5.41) is 14.6. The molecule has 0 atom stereocenters. The molecular formula is C14H17N5O3S. The van der Waals surface area contributed by atoms with E-state index in [9.17, 15) is 13.2 Å². The number of benzene rings is 1. The van der Waals surface area contributed by atoms with Gasteiger partial charge in [0.25, 0.3) is 10.2 Å². The average molecular weight is 335 g/mol. The maximum Gasteiger partial charge on any atom is 0.277 e. The van der Waals surface area contributed by atoms with Crippen LogP contribution in [0.15, 0.2) is 24.3 Å². The molecule has 122 valence electrons. The summed E-state index contributed by atoms with van der Waals surface area (Å²) >= 11 is 0. The molecule has 0 spiro atoms. The number of carbonyl (C=O) groups is 1. The molecule has 0 saturated heterocycles. The van der Waals surface area contributed by atoms with Gasteiger partial charge in [-0.3, -0.25) is 9.89 Å². The highest BCUT2D eigenvalue weighted by Gasteiger charge is 2.31. The lowest BCUT2D eigenvalue weighted by Gasteiger charge is -2.11. The number of fused-ring (bicyclic) bond motifs is 1. The number of aromatic nitrogens is 2. The van der Waals surface area contributed by atoms with Crippen LogP contribution in [0, 0.1) is 6.92 Å². The van der Waals surface area contributed by atoms with Crippen LogP contribution < -0.4 is 10.5 Å². The van der Waals surface area contributed by atoms with E-state index in [4.69, 9.17) is 5.14 Å². The van der Waals surface area contributed by atoms with Crippen molar-refractivity contribution in [1.29, 1.82) is 0 Å². The van der Waals surface area contributed by atoms with Crippen LogP contribution in [0.3, 0.4) is 0 Å². The van der Waals surface area contributed by atoms with Crippen molar-refractivity contribution in [3.05, 3.63) is 46.6 Å². The molecule has 0 aliphatic carbocycles. The van der Waals surface area contributed by atoms with Gasteiger partial charge in [0.15, 0.2) is 5.82 Å². The highest BCUT2D eigenvalue weighted by Crippen LogP contribution is 2.28. The van der Waals surface area contributed by atoms with E-state index < -0.39 is 10.2 Å². The number of aromatic amines is 1. The zero-order chi connectivity index (χ0) is 16.6. The summed E-state index contributed by atoms with van der Waals surface area (Å²) in [4.78, 5) is 12.1. The quantitative estimate of drug-likeness (QED) is 0.749. The molecule has 0 unspecified atom stereocenters. The van der Waals surface area contributed by atoms with E-state index in [1.807, 2.05) is 31.2 Å². The number of carbonyl (C=O) groups excluding carboxylic acids is 1. The molecule has 0 fully saturated rings. The molecule has 0 bridgehead atoms. The summed E-state index contributed by atoms with van der Waals surface area (Å²) in [6.07, 6.45) is 0.224. The summed E-state index contributed by atoms with van der Waals surface area (Å²) in [6.45, 7) is 2.20. The Morgan fingerprint density at radius 3 is 2.91 bits per heavy atom. The standard InChI is InChI=1S/C14H17N5O3S/c1-9-3-2-4-10(5-9)6-13(20)16-14-11-7-19(23(15,21)22)8-12(11)17-18-14/h2-5H,6-8H2,1H3,(H2,15,21,22)(H2,16,17,18,20). The second-order valence-corrected chi connectivity index (χ2v) is 7.10. The first-order chi connectivity index (χ1) is 10.8. The van der Waals surface area contributed by atoms with E-state index in [0.29, 0.717) is 17.1 Å². The third kappa shape index (κ3) is 3.41. The van der Waals surface area contributed by atoms with Crippen LogP contribution in [0.2, 0.25) is 0 Å². The Morgan fingerprint density at radius 1 is 1.43 bits per heavy atom. The molecule has 4 N–H and O–H groups in total. The normalized spacial score (nSPS) is 14.7. The number of rotatable bonds is 4. The maximum absolute atomic E-state index is 12.1. The van der Waals surface area contributed by atoms with Gasteiger partial charge < -0.3 is 5.32 Å². The van der Waals surface area contributed by atoms with Gasteiger partial charge in [-0.05, 0) is 12.5 Å². The Bertz CT molecular complexity index is 859. The number of anilines is 1. The largest absolute Gasteiger partial charge is 0.309 e. The first-order valence-electron chi connectivity index (χ1n) is 7.02. The van der Waals surface area contributed by atoms with Gasteiger partial charge in [-0.15, -0.1) is 0 Å². The Hall–Kier alpha value is -2.23. The number of H-pyrrole nitrogens is 1. The van der Waals surface area contributed by atoms with E-state index in [1.165, 1.54) is 0 Å². The minimum Gasteiger partial charge on any atom is -0.309 e. The molecule has 1 aromatic heterocycles. The van der Waals surface area contributed by atoms with Crippen LogP contribution in [0.4, 0.5) is 5.82 Å². The molecule has 8 nitrogen and oxygen atoms in total. The number of nitrogens with one attached hydrogen (secondary N) is 2. The van der Waals surface area contributed by atoms with E-state index >= 15 is 0 Å². The zero-order valence-corrected chi connectivity index (χ0v) is 13.4. The molecule has 9 heteroatoms. The molecule has 1 aliphatic rings. The lowest BCUT2D eigenvalue weighted by molar-refractivity contribution is -0.115. The minimum atomic E-state index is -3.77. The number of nitrogens with two attached hydrogens (primary N) is 1. The lowest BCUT2D eigenvalue weighted by atomic mass is 10.1. The van der Waals surface area contributed by atoms with Crippen molar-refractivity contribution in [2.45, 2.75) is 26.4 Å². The van der Waals surface area contributed by atoms with Crippen molar-refractivity contribution < 1.29 is 13.2 Å². The van der Waals surface area contributed by atoms with Crippen molar-refractivity contribution in [1.82, 2.24) is 14.5 Å². The summed E-state index contributed by atoms with van der Waals surface area (Å²) in [7, 11) is -3.77. The molecule has 1 amide bonds. The highest BCUT2D eigenvalue weighted by atomic mass is 32.2. The summed E-state index contributed by atoms with van der Waals surface area (Å²) < 4.78 is 23.9. The van der Waals surface area contributed by atoms with Crippen molar-refractivity contribution >= 4 is 21.9 Å². The summed E-state index contributed by atoms with van der Waals surface area (Å²) in [5.41, 5.74) is 3.28. The van der Waals surface area contributed by atoms with Crippen molar-refractivity contribution in [3.8, 4) is 0 Å². The molecule has 1 aromatic carbocycles. The number of nitrogens with zero attached hydrogens (tertiary/aromatic N) is 2. The maximum atomic E-state index is 12.1. The fraction of sp³-hybridized carbons (Fsp3) is 0.286. The van der Waals surface area contributed by atoms with Crippen molar-refractivity contribution in [2.24, 2.45) is 5.14 Å². The Morgan fingerprint density at radius 2 is 2.22 bits per heavy atom. The predicted octanol–water partition coefficient (Wildman–Crippen LogP) is 0.418. The number of amides is 1.